The number of carbonyl (C=O) groups excluding carboxylic acids is 1. The van der Waals surface area contributed by atoms with E-state index in [0.717, 1.165) is 0 Å². The van der Waals surface area contributed by atoms with Gasteiger partial charge in [-0.15, -0.1) is 0 Å². The molecule has 0 fully saturated rings. The summed E-state index contributed by atoms with van der Waals surface area (Å²) in [6, 6.07) is 1.37. The zero-order valence-corrected chi connectivity index (χ0v) is 10.7. The van der Waals surface area contributed by atoms with Gasteiger partial charge in [0, 0.05) is 0 Å². The Bertz CT molecular complexity index is 428. The van der Waals surface area contributed by atoms with Crippen LogP contribution in [0.15, 0.2) is 6.07 Å². The number of esters is 1. The highest BCUT2D eigenvalue weighted by Crippen LogP contribution is 2.25. The molecule has 2 N–H and O–H groups in total. The Labute approximate surface area is 104 Å². The highest BCUT2D eigenvalue weighted by atomic mass is 35.5. The molecule has 1 aromatic heterocycles. The number of nitrogens with zero attached hydrogens (tertiary/aromatic N) is 1. The molecule has 0 spiro atoms. The average molecular weight is 263 g/mol. The lowest BCUT2D eigenvalue weighted by Crippen LogP contribution is -2.25. The quantitative estimate of drug-likeness (QED) is 0.625. The summed E-state index contributed by atoms with van der Waals surface area (Å²) in [6.45, 7) is 5.25. The molecule has 0 saturated heterocycles. The van der Waals surface area contributed by atoms with E-state index in [1.165, 1.54) is 6.07 Å². The van der Waals surface area contributed by atoms with E-state index in [0.29, 0.717) is 0 Å². The molecule has 1 heterocycles. The first-order valence-electron chi connectivity index (χ1n) is 4.55. The summed E-state index contributed by atoms with van der Waals surface area (Å²) in [7, 11) is 0. The lowest BCUT2D eigenvalue weighted by molar-refractivity contribution is 0.00643. The van der Waals surface area contributed by atoms with Gasteiger partial charge in [0.2, 0.25) is 0 Å². The molecule has 0 aliphatic rings. The Morgan fingerprint density at radius 2 is 2.00 bits per heavy atom. The molecule has 1 aromatic rings. The molecule has 88 valence electrons. The van der Waals surface area contributed by atoms with Crippen molar-refractivity contribution in [2.24, 2.45) is 0 Å². The molecule has 0 bridgehead atoms. The first-order chi connectivity index (χ1) is 7.20. The normalized spacial score (nSPS) is 11.3. The molecular formula is C10H12Cl2N2O2. The molecule has 0 amide bonds. The summed E-state index contributed by atoms with van der Waals surface area (Å²) in [5.41, 5.74) is 5.11. The van der Waals surface area contributed by atoms with Crippen LogP contribution in [-0.4, -0.2) is 16.6 Å². The van der Waals surface area contributed by atoms with Gasteiger partial charge in [0.25, 0.3) is 0 Å². The van der Waals surface area contributed by atoms with Crippen LogP contribution >= 0.6 is 23.2 Å². The molecule has 0 aliphatic carbocycles. The van der Waals surface area contributed by atoms with Crippen LogP contribution in [0.1, 0.15) is 31.3 Å². The van der Waals surface area contributed by atoms with Crippen LogP contribution in [0.25, 0.3) is 0 Å². The number of nitrogens with two attached hydrogens (primary N) is 1. The van der Waals surface area contributed by atoms with Crippen molar-refractivity contribution in [2.75, 3.05) is 5.73 Å². The van der Waals surface area contributed by atoms with Crippen LogP contribution in [0.4, 0.5) is 5.69 Å². The summed E-state index contributed by atoms with van der Waals surface area (Å²) < 4.78 is 5.12. The highest BCUT2D eigenvalue weighted by Gasteiger charge is 2.22. The van der Waals surface area contributed by atoms with E-state index in [1.54, 1.807) is 20.8 Å². The SMILES string of the molecule is CC(C)(C)OC(=O)c1nc(Cl)c(Cl)cc1N. The fourth-order valence-electron chi connectivity index (χ4n) is 0.970. The molecule has 1 rings (SSSR count). The van der Waals surface area contributed by atoms with Crippen molar-refractivity contribution in [1.29, 1.82) is 0 Å². The lowest BCUT2D eigenvalue weighted by atomic mass is 10.2. The minimum absolute atomic E-state index is 0.0238. The minimum atomic E-state index is -0.622. The fraction of sp³-hybridized carbons (Fsp3) is 0.400. The Morgan fingerprint density at radius 1 is 1.44 bits per heavy atom. The number of anilines is 1. The second-order valence-electron chi connectivity index (χ2n) is 4.20. The zero-order valence-electron chi connectivity index (χ0n) is 9.17. The summed E-state index contributed by atoms with van der Waals surface area (Å²) in [6.07, 6.45) is 0. The molecule has 0 saturated carbocycles. The number of carbonyl (C=O) groups is 1. The number of aromatic nitrogens is 1. The third-order valence-corrected chi connectivity index (χ3v) is 2.23. The van der Waals surface area contributed by atoms with Crippen molar-refractivity contribution in [1.82, 2.24) is 4.98 Å². The van der Waals surface area contributed by atoms with Gasteiger partial charge in [0.05, 0.1) is 10.7 Å². The molecule has 4 nitrogen and oxygen atoms in total. The minimum Gasteiger partial charge on any atom is -0.455 e. The molecule has 16 heavy (non-hydrogen) atoms. The predicted molar refractivity (Wildman–Crippen MR) is 63.8 cm³/mol. The second kappa shape index (κ2) is 4.47. The van der Waals surface area contributed by atoms with Gasteiger partial charge in [-0.3, -0.25) is 0 Å². The molecule has 0 aromatic carbocycles. The van der Waals surface area contributed by atoms with Crippen LogP contribution in [-0.2, 0) is 4.74 Å². The summed E-state index contributed by atoms with van der Waals surface area (Å²) in [5, 5.41) is 0.225. The molecule has 0 radical (unpaired) electrons. The number of pyridine rings is 1. The first kappa shape index (κ1) is 13.1. The standard InChI is InChI=1S/C10H12Cl2N2O2/c1-10(2,3)16-9(15)7-6(13)4-5(11)8(12)14-7/h4H,13H2,1-3H3. The predicted octanol–water partition coefficient (Wildman–Crippen LogP) is 2.93. The summed E-state index contributed by atoms with van der Waals surface area (Å²) >= 11 is 11.4. The van der Waals surface area contributed by atoms with Crippen LogP contribution in [0.5, 0.6) is 0 Å². The van der Waals surface area contributed by atoms with E-state index in [1.807, 2.05) is 0 Å². The largest absolute Gasteiger partial charge is 0.455 e. The number of ether oxygens (including phenoxy) is 1. The van der Waals surface area contributed by atoms with E-state index in [-0.39, 0.29) is 21.6 Å². The first-order valence-corrected chi connectivity index (χ1v) is 5.31. The number of nitrogen functional groups attached to an aromatic ring is 1. The number of hydrogen-bond donors (Lipinski definition) is 1. The second-order valence-corrected chi connectivity index (χ2v) is 4.97. The van der Waals surface area contributed by atoms with Gasteiger partial charge in [-0.2, -0.15) is 0 Å². The molecule has 0 aliphatic heterocycles. The van der Waals surface area contributed by atoms with E-state index in [9.17, 15) is 4.79 Å². The number of halogens is 2. The average Bonchev–Trinajstić information content (AvgIpc) is 2.08. The topological polar surface area (TPSA) is 65.2 Å². The number of hydrogen-bond acceptors (Lipinski definition) is 4. The van der Waals surface area contributed by atoms with Crippen molar-refractivity contribution in [2.45, 2.75) is 26.4 Å². The van der Waals surface area contributed by atoms with Gasteiger partial charge in [0.15, 0.2) is 5.69 Å². The van der Waals surface area contributed by atoms with Crippen LogP contribution in [0.2, 0.25) is 10.2 Å². The number of rotatable bonds is 1. The maximum absolute atomic E-state index is 11.7. The van der Waals surface area contributed by atoms with Crippen molar-refractivity contribution in [3.63, 3.8) is 0 Å². The fourth-order valence-corrected chi connectivity index (χ4v) is 1.27. The van der Waals surface area contributed by atoms with E-state index >= 15 is 0 Å². The third-order valence-electron chi connectivity index (χ3n) is 1.55. The van der Waals surface area contributed by atoms with Crippen LogP contribution in [0, 0.1) is 0 Å². The van der Waals surface area contributed by atoms with Crippen molar-refractivity contribution >= 4 is 34.9 Å². The Kier molecular flexibility index (Phi) is 3.65. The van der Waals surface area contributed by atoms with E-state index < -0.39 is 11.6 Å². The van der Waals surface area contributed by atoms with Gasteiger partial charge in [-0.05, 0) is 26.8 Å². The molecule has 0 unspecified atom stereocenters. The third kappa shape index (κ3) is 3.25. The van der Waals surface area contributed by atoms with Crippen molar-refractivity contribution in [3.05, 3.63) is 21.9 Å². The van der Waals surface area contributed by atoms with Gasteiger partial charge in [0.1, 0.15) is 10.8 Å². The monoisotopic (exact) mass is 262 g/mol. The summed E-state index contributed by atoms with van der Waals surface area (Å²) in [4.78, 5) is 15.5. The van der Waals surface area contributed by atoms with Crippen LogP contribution in [0.3, 0.4) is 0 Å². The molecule has 0 atom stereocenters. The van der Waals surface area contributed by atoms with E-state index in [4.69, 9.17) is 33.7 Å². The maximum atomic E-state index is 11.7. The van der Waals surface area contributed by atoms with Crippen molar-refractivity contribution in [3.8, 4) is 0 Å². The van der Waals surface area contributed by atoms with E-state index in [2.05, 4.69) is 4.98 Å². The highest BCUT2D eigenvalue weighted by molar-refractivity contribution is 6.41. The Balaban J connectivity index is 3.05. The van der Waals surface area contributed by atoms with Gasteiger partial charge in [-0.25, -0.2) is 9.78 Å². The molecular weight excluding hydrogens is 251 g/mol. The molecule has 6 heteroatoms. The van der Waals surface area contributed by atoms with Gasteiger partial charge >= 0.3 is 5.97 Å². The smallest absolute Gasteiger partial charge is 0.359 e. The maximum Gasteiger partial charge on any atom is 0.359 e. The Hall–Kier alpha value is -1.00. The van der Waals surface area contributed by atoms with Gasteiger partial charge < -0.3 is 10.5 Å². The van der Waals surface area contributed by atoms with Crippen molar-refractivity contribution < 1.29 is 9.53 Å². The Morgan fingerprint density at radius 3 is 2.50 bits per heavy atom. The zero-order chi connectivity index (χ0) is 12.5. The van der Waals surface area contributed by atoms with Gasteiger partial charge in [-0.1, -0.05) is 23.2 Å². The van der Waals surface area contributed by atoms with Crippen LogP contribution < -0.4 is 5.73 Å². The lowest BCUT2D eigenvalue weighted by Gasteiger charge is -2.19. The summed E-state index contributed by atoms with van der Waals surface area (Å²) in [5.74, 6) is -0.622.